The molecule has 4 nitrogen and oxygen atoms in total. The number of halogens is 2. The van der Waals surface area contributed by atoms with E-state index in [1.54, 1.807) is 12.1 Å². The summed E-state index contributed by atoms with van der Waals surface area (Å²) in [6, 6.07) is 16.8. The molecule has 0 radical (unpaired) electrons. The molecule has 4 rings (SSSR count). The number of nitrogens with zero attached hydrogens (tertiary/aromatic N) is 1. The minimum absolute atomic E-state index is 0.0798. The van der Waals surface area contributed by atoms with Gasteiger partial charge in [-0.25, -0.2) is 4.39 Å². The smallest absolute Gasteiger partial charge is 0.278 e. The van der Waals surface area contributed by atoms with Crippen LogP contribution in [-0.4, -0.2) is 16.7 Å². The van der Waals surface area contributed by atoms with Gasteiger partial charge in [0.1, 0.15) is 11.5 Å². The molecule has 1 N–H and O–H groups in total. The summed E-state index contributed by atoms with van der Waals surface area (Å²) < 4.78 is 14.0. The van der Waals surface area contributed by atoms with E-state index >= 15 is 0 Å². The summed E-state index contributed by atoms with van der Waals surface area (Å²) in [4.78, 5) is 28.1. The SMILES string of the molecule is O=C1C(Nc2cccc(Br)c2)=C(c2cccs2)C(=O)N1Cc1ccc(F)cc1. The number of anilines is 1. The summed E-state index contributed by atoms with van der Waals surface area (Å²) in [5, 5.41) is 4.97. The molecule has 7 heteroatoms. The zero-order chi connectivity index (χ0) is 19.7. The number of thiophene rings is 1. The first-order valence-electron chi connectivity index (χ1n) is 8.44. The second kappa shape index (κ2) is 7.69. The van der Waals surface area contributed by atoms with Crippen LogP contribution in [0.25, 0.3) is 5.57 Å². The van der Waals surface area contributed by atoms with Crippen molar-refractivity contribution in [2.24, 2.45) is 0 Å². The first-order valence-corrected chi connectivity index (χ1v) is 10.1. The molecule has 0 bridgehead atoms. The molecule has 0 fully saturated rings. The monoisotopic (exact) mass is 456 g/mol. The highest BCUT2D eigenvalue weighted by Gasteiger charge is 2.39. The molecule has 140 valence electrons. The summed E-state index contributed by atoms with van der Waals surface area (Å²) in [6.07, 6.45) is 0. The fraction of sp³-hybridized carbons (Fsp3) is 0.0476. The first kappa shape index (κ1) is 18.6. The van der Waals surface area contributed by atoms with Crippen molar-refractivity contribution >= 4 is 50.3 Å². The third-order valence-electron chi connectivity index (χ3n) is 4.28. The number of benzene rings is 2. The third-order valence-corrected chi connectivity index (χ3v) is 5.66. The van der Waals surface area contributed by atoms with E-state index < -0.39 is 5.91 Å². The van der Waals surface area contributed by atoms with E-state index in [0.717, 1.165) is 9.35 Å². The lowest BCUT2D eigenvalue weighted by atomic mass is 10.2. The van der Waals surface area contributed by atoms with Crippen molar-refractivity contribution in [3.8, 4) is 0 Å². The highest BCUT2D eigenvalue weighted by atomic mass is 79.9. The summed E-state index contributed by atoms with van der Waals surface area (Å²) in [7, 11) is 0. The zero-order valence-corrected chi connectivity index (χ0v) is 16.9. The first-order chi connectivity index (χ1) is 13.5. The lowest BCUT2D eigenvalue weighted by Crippen LogP contribution is -2.31. The van der Waals surface area contributed by atoms with E-state index in [4.69, 9.17) is 0 Å². The van der Waals surface area contributed by atoms with E-state index in [9.17, 15) is 14.0 Å². The van der Waals surface area contributed by atoms with Crippen molar-refractivity contribution in [1.29, 1.82) is 0 Å². The Labute approximate surface area is 173 Å². The van der Waals surface area contributed by atoms with Crippen molar-refractivity contribution in [1.82, 2.24) is 4.90 Å². The molecule has 2 aromatic carbocycles. The quantitative estimate of drug-likeness (QED) is 0.546. The number of hydrogen-bond acceptors (Lipinski definition) is 4. The maximum Gasteiger partial charge on any atom is 0.278 e. The van der Waals surface area contributed by atoms with E-state index in [1.807, 2.05) is 41.8 Å². The van der Waals surface area contributed by atoms with Gasteiger partial charge in [-0.05, 0) is 47.3 Å². The van der Waals surface area contributed by atoms with Crippen molar-refractivity contribution in [3.63, 3.8) is 0 Å². The van der Waals surface area contributed by atoms with Crippen LogP contribution in [0.4, 0.5) is 10.1 Å². The number of nitrogens with one attached hydrogen (secondary N) is 1. The minimum atomic E-state index is -0.405. The predicted molar refractivity (Wildman–Crippen MR) is 111 cm³/mol. The Morgan fingerprint density at radius 1 is 1.00 bits per heavy atom. The lowest BCUT2D eigenvalue weighted by molar-refractivity contribution is -0.137. The number of carbonyl (C=O) groups excluding carboxylic acids is 2. The average molecular weight is 457 g/mol. The Morgan fingerprint density at radius 2 is 1.79 bits per heavy atom. The van der Waals surface area contributed by atoms with Gasteiger partial charge in [-0.3, -0.25) is 14.5 Å². The minimum Gasteiger partial charge on any atom is -0.350 e. The van der Waals surface area contributed by atoms with E-state index in [-0.39, 0.29) is 24.0 Å². The summed E-state index contributed by atoms with van der Waals surface area (Å²) in [5.74, 6) is -1.13. The number of rotatable bonds is 5. The number of carbonyl (C=O) groups is 2. The second-order valence-corrected chi connectivity index (χ2v) is 8.05. The maximum atomic E-state index is 13.2. The molecule has 1 aliphatic rings. The van der Waals surface area contributed by atoms with Gasteiger partial charge in [0.15, 0.2) is 0 Å². The van der Waals surface area contributed by atoms with Crippen molar-refractivity contribution in [2.75, 3.05) is 5.32 Å². The molecule has 0 saturated carbocycles. The molecule has 2 heterocycles. The van der Waals surface area contributed by atoms with E-state index in [0.29, 0.717) is 16.8 Å². The fourth-order valence-corrected chi connectivity index (χ4v) is 4.14. The Bertz CT molecular complexity index is 1080. The van der Waals surface area contributed by atoms with Crippen LogP contribution >= 0.6 is 27.3 Å². The van der Waals surface area contributed by atoms with Gasteiger partial charge >= 0.3 is 0 Å². The standard InChI is InChI=1S/C21H14BrFN2O2S/c22-14-3-1-4-16(11-14)24-19-18(17-5-2-10-28-17)20(26)25(21(19)27)12-13-6-8-15(23)9-7-13/h1-11,24H,12H2. The van der Waals surface area contributed by atoms with Crippen LogP contribution in [0.15, 0.2) is 76.2 Å². The van der Waals surface area contributed by atoms with Gasteiger partial charge in [-0.1, -0.05) is 40.2 Å². The molecular formula is C21H14BrFN2O2S. The van der Waals surface area contributed by atoms with Crippen LogP contribution in [0.2, 0.25) is 0 Å². The number of imide groups is 1. The molecule has 28 heavy (non-hydrogen) atoms. The van der Waals surface area contributed by atoms with Gasteiger partial charge in [0.05, 0.1) is 12.1 Å². The molecule has 0 atom stereocenters. The molecule has 0 aliphatic carbocycles. The molecule has 0 saturated heterocycles. The second-order valence-electron chi connectivity index (χ2n) is 6.19. The summed E-state index contributed by atoms with van der Waals surface area (Å²) in [6.45, 7) is 0.0798. The maximum absolute atomic E-state index is 13.2. The van der Waals surface area contributed by atoms with Gasteiger partial charge in [-0.15, -0.1) is 11.3 Å². The normalized spacial score (nSPS) is 14.1. The third kappa shape index (κ3) is 3.63. The number of hydrogen-bond donors (Lipinski definition) is 1. The Balaban J connectivity index is 1.70. The van der Waals surface area contributed by atoms with Crippen molar-refractivity contribution in [2.45, 2.75) is 6.54 Å². The Morgan fingerprint density at radius 3 is 2.46 bits per heavy atom. The molecule has 1 aliphatic heterocycles. The molecule has 3 aromatic rings. The van der Waals surface area contributed by atoms with E-state index in [2.05, 4.69) is 21.2 Å². The topological polar surface area (TPSA) is 49.4 Å². The zero-order valence-electron chi connectivity index (χ0n) is 14.5. The summed E-state index contributed by atoms with van der Waals surface area (Å²) in [5.41, 5.74) is 1.97. The van der Waals surface area contributed by atoms with Crippen LogP contribution in [0, 0.1) is 5.82 Å². The Kier molecular flexibility index (Phi) is 5.11. The highest BCUT2D eigenvalue weighted by molar-refractivity contribution is 9.10. The molecular weight excluding hydrogens is 443 g/mol. The largest absolute Gasteiger partial charge is 0.350 e. The number of amides is 2. The van der Waals surface area contributed by atoms with Gasteiger partial charge in [-0.2, -0.15) is 0 Å². The fourth-order valence-electron chi connectivity index (χ4n) is 2.97. The lowest BCUT2D eigenvalue weighted by Gasteiger charge is -2.15. The van der Waals surface area contributed by atoms with Crippen LogP contribution < -0.4 is 5.32 Å². The molecule has 1 aromatic heterocycles. The van der Waals surface area contributed by atoms with Crippen LogP contribution in [0.1, 0.15) is 10.4 Å². The van der Waals surface area contributed by atoms with Crippen LogP contribution in [0.3, 0.4) is 0 Å². The molecule has 0 unspecified atom stereocenters. The molecule has 0 spiro atoms. The van der Waals surface area contributed by atoms with Crippen molar-refractivity contribution < 1.29 is 14.0 Å². The van der Waals surface area contributed by atoms with Gasteiger partial charge in [0, 0.05) is 15.0 Å². The predicted octanol–water partition coefficient (Wildman–Crippen LogP) is 5.04. The van der Waals surface area contributed by atoms with Crippen molar-refractivity contribution in [3.05, 3.63) is 92.5 Å². The van der Waals surface area contributed by atoms with Gasteiger partial charge in [0.2, 0.25) is 0 Å². The van der Waals surface area contributed by atoms with Gasteiger partial charge < -0.3 is 5.32 Å². The van der Waals surface area contributed by atoms with Crippen LogP contribution in [-0.2, 0) is 16.1 Å². The Hall–Kier alpha value is -2.77. The van der Waals surface area contributed by atoms with Crippen LogP contribution in [0.5, 0.6) is 0 Å². The average Bonchev–Trinajstić information content (AvgIpc) is 3.27. The highest BCUT2D eigenvalue weighted by Crippen LogP contribution is 2.34. The molecule has 2 amide bonds. The van der Waals surface area contributed by atoms with E-state index in [1.165, 1.54) is 28.4 Å². The van der Waals surface area contributed by atoms with Gasteiger partial charge in [0.25, 0.3) is 11.8 Å². The summed E-state index contributed by atoms with van der Waals surface area (Å²) >= 11 is 4.80.